The first-order valence-corrected chi connectivity index (χ1v) is 7.01. The molecule has 0 bridgehead atoms. The van der Waals surface area contributed by atoms with Gasteiger partial charge in [0.25, 0.3) is 0 Å². The van der Waals surface area contributed by atoms with E-state index in [0.29, 0.717) is 17.5 Å². The van der Waals surface area contributed by atoms with Crippen LogP contribution in [0.3, 0.4) is 0 Å². The molecule has 1 amide bonds. The second kappa shape index (κ2) is 5.49. The maximum atomic E-state index is 10.9. The van der Waals surface area contributed by atoms with Crippen LogP contribution >= 0.6 is 23.1 Å². The van der Waals surface area contributed by atoms with Crippen molar-refractivity contribution in [3.63, 3.8) is 0 Å². The van der Waals surface area contributed by atoms with Crippen molar-refractivity contribution in [2.24, 2.45) is 5.73 Å². The summed E-state index contributed by atoms with van der Waals surface area (Å²) in [5.41, 5.74) is 6.02. The van der Waals surface area contributed by atoms with Gasteiger partial charge in [0.1, 0.15) is 0 Å². The minimum absolute atomic E-state index is 0.240. The number of hydrogen-bond donors (Lipinski definition) is 1. The zero-order valence-corrected chi connectivity index (χ0v) is 11.6. The highest BCUT2D eigenvalue weighted by Crippen LogP contribution is 2.29. The summed E-state index contributed by atoms with van der Waals surface area (Å²) in [5, 5.41) is 3.71. The van der Waals surface area contributed by atoms with Crippen LogP contribution in [0.2, 0.25) is 0 Å². The van der Waals surface area contributed by atoms with E-state index in [2.05, 4.69) is 15.1 Å². The van der Waals surface area contributed by atoms with Crippen LogP contribution in [0, 0.1) is 13.8 Å². The van der Waals surface area contributed by atoms with Crippen molar-refractivity contribution in [2.75, 3.05) is 0 Å². The van der Waals surface area contributed by atoms with Crippen LogP contribution in [-0.2, 0) is 17.0 Å². The summed E-state index contributed by atoms with van der Waals surface area (Å²) in [6.45, 7) is 3.64. The number of rotatable bonds is 5. The van der Waals surface area contributed by atoms with Crippen LogP contribution in [0.15, 0.2) is 8.86 Å². The monoisotopic (exact) mass is 284 g/mol. The Morgan fingerprint density at radius 3 is 2.83 bits per heavy atom. The fourth-order valence-electron chi connectivity index (χ4n) is 1.31. The summed E-state index contributed by atoms with van der Waals surface area (Å²) in [7, 11) is 0. The van der Waals surface area contributed by atoms with Gasteiger partial charge < -0.3 is 10.3 Å². The molecule has 2 N–H and O–H groups in total. The van der Waals surface area contributed by atoms with Crippen LogP contribution in [0.4, 0.5) is 0 Å². The van der Waals surface area contributed by atoms with Gasteiger partial charge in [-0.1, -0.05) is 16.9 Å². The second-order valence-corrected chi connectivity index (χ2v) is 5.96. The number of carbonyl (C=O) groups excluding carboxylic acids is 1. The molecular weight excluding hydrogens is 272 g/mol. The number of carbonyl (C=O) groups is 1. The van der Waals surface area contributed by atoms with E-state index < -0.39 is 0 Å². The molecule has 0 aliphatic carbocycles. The minimum Gasteiger partial charge on any atom is -0.369 e. The molecule has 8 heteroatoms. The number of aryl methyl sites for hydroxylation is 2. The Morgan fingerprint density at radius 1 is 1.44 bits per heavy atom. The predicted octanol–water partition coefficient (Wildman–Crippen LogP) is 1.46. The molecule has 2 aromatic rings. The first-order chi connectivity index (χ1) is 8.54. The first-order valence-electron chi connectivity index (χ1n) is 5.21. The van der Waals surface area contributed by atoms with Crippen molar-refractivity contribution in [1.29, 1.82) is 0 Å². The Hall–Kier alpha value is -1.41. The minimum atomic E-state index is -0.342. The Balaban J connectivity index is 1.99. The molecule has 18 heavy (non-hydrogen) atoms. The van der Waals surface area contributed by atoms with Gasteiger partial charge in [-0.2, -0.15) is 4.98 Å². The van der Waals surface area contributed by atoms with Crippen LogP contribution in [-0.4, -0.2) is 21.0 Å². The van der Waals surface area contributed by atoms with Crippen LogP contribution in [0.1, 0.15) is 22.3 Å². The molecule has 0 atom stereocenters. The quantitative estimate of drug-likeness (QED) is 0.835. The molecule has 2 heterocycles. The largest absolute Gasteiger partial charge is 0.369 e. The van der Waals surface area contributed by atoms with Crippen molar-refractivity contribution in [3.8, 4) is 0 Å². The van der Waals surface area contributed by atoms with Crippen molar-refractivity contribution in [1.82, 2.24) is 15.1 Å². The van der Waals surface area contributed by atoms with Gasteiger partial charge in [0.05, 0.1) is 17.9 Å². The maximum absolute atomic E-state index is 10.9. The molecule has 0 spiro atoms. The highest BCUT2D eigenvalue weighted by atomic mass is 32.2. The van der Waals surface area contributed by atoms with Crippen LogP contribution < -0.4 is 5.73 Å². The zero-order valence-electron chi connectivity index (χ0n) is 9.97. The number of thioether (sulfide) groups is 1. The van der Waals surface area contributed by atoms with E-state index in [1.54, 1.807) is 6.92 Å². The van der Waals surface area contributed by atoms with E-state index in [9.17, 15) is 4.79 Å². The summed E-state index contributed by atoms with van der Waals surface area (Å²) in [5.74, 6) is 1.42. The number of amides is 1. The highest BCUT2D eigenvalue weighted by molar-refractivity contribution is 8.00. The van der Waals surface area contributed by atoms with Gasteiger partial charge in [0.15, 0.2) is 10.2 Å². The summed E-state index contributed by atoms with van der Waals surface area (Å²) < 4.78 is 5.88. The summed E-state index contributed by atoms with van der Waals surface area (Å²) in [4.78, 5) is 20.3. The number of aromatic nitrogens is 3. The molecule has 2 aromatic heterocycles. The first kappa shape index (κ1) is 13.0. The van der Waals surface area contributed by atoms with E-state index in [1.807, 2.05) is 6.92 Å². The molecular formula is C10H12N4O2S2. The molecule has 0 fully saturated rings. The lowest BCUT2D eigenvalue weighted by molar-refractivity contribution is -0.117. The lowest BCUT2D eigenvalue weighted by Gasteiger charge is -1.91. The van der Waals surface area contributed by atoms with Crippen LogP contribution in [0.5, 0.6) is 0 Å². The molecule has 0 aliphatic rings. The van der Waals surface area contributed by atoms with Crippen molar-refractivity contribution in [3.05, 3.63) is 22.3 Å². The third-order valence-electron chi connectivity index (χ3n) is 2.10. The standard InChI is InChI=1S/C10H12N4O2S2/c1-5-7(3-8(11)15)18-10(12-5)17-4-9-13-6(2)14-16-9/h3-4H2,1-2H3,(H2,11,15). The average molecular weight is 284 g/mol. The zero-order chi connectivity index (χ0) is 13.1. The normalized spacial score (nSPS) is 10.8. The molecule has 0 saturated heterocycles. The number of thiazole rings is 1. The SMILES string of the molecule is Cc1noc(CSc2nc(C)c(CC(N)=O)s2)n1. The van der Waals surface area contributed by atoms with E-state index in [4.69, 9.17) is 10.3 Å². The van der Waals surface area contributed by atoms with E-state index >= 15 is 0 Å². The number of nitrogens with two attached hydrogens (primary N) is 1. The summed E-state index contributed by atoms with van der Waals surface area (Å²) >= 11 is 2.98. The van der Waals surface area contributed by atoms with Gasteiger partial charge in [0.2, 0.25) is 11.8 Å². The molecule has 0 saturated carbocycles. The number of primary amides is 1. The molecule has 6 nitrogen and oxygen atoms in total. The van der Waals surface area contributed by atoms with E-state index in [1.165, 1.54) is 23.1 Å². The van der Waals surface area contributed by atoms with Gasteiger partial charge in [-0.15, -0.1) is 11.3 Å². The third-order valence-corrected chi connectivity index (χ3v) is 4.38. The summed E-state index contributed by atoms with van der Waals surface area (Å²) in [6.07, 6.45) is 0.240. The van der Waals surface area contributed by atoms with E-state index in [0.717, 1.165) is 14.9 Å². The maximum Gasteiger partial charge on any atom is 0.237 e. The Kier molecular flexibility index (Phi) is 3.97. The lowest BCUT2D eigenvalue weighted by atomic mass is 10.3. The number of hydrogen-bond acceptors (Lipinski definition) is 7. The fraction of sp³-hybridized carbons (Fsp3) is 0.400. The smallest absolute Gasteiger partial charge is 0.237 e. The molecule has 0 aromatic carbocycles. The Morgan fingerprint density at radius 2 is 2.22 bits per heavy atom. The van der Waals surface area contributed by atoms with Gasteiger partial charge in [-0.3, -0.25) is 4.79 Å². The van der Waals surface area contributed by atoms with Gasteiger partial charge in [-0.05, 0) is 13.8 Å². The third kappa shape index (κ3) is 3.30. The molecule has 0 unspecified atom stereocenters. The topological polar surface area (TPSA) is 94.9 Å². The average Bonchev–Trinajstić information content (AvgIpc) is 2.83. The fourth-order valence-corrected chi connectivity index (χ4v) is 3.39. The van der Waals surface area contributed by atoms with E-state index in [-0.39, 0.29) is 12.3 Å². The van der Waals surface area contributed by atoms with Crippen molar-refractivity contribution < 1.29 is 9.32 Å². The second-order valence-electron chi connectivity index (χ2n) is 3.66. The highest BCUT2D eigenvalue weighted by Gasteiger charge is 2.11. The number of nitrogens with zero attached hydrogens (tertiary/aromatic N) is 3. The molecule has 2 rings (SSSR count). The van der Waals surface area contributed by atoms with Crippen molar-refractivity contribution in [2.45, 2.75) is 30.4 Å². The molecule has 0 aliphatic heterocycles. The molecule has 96 valence electrons. The molecule has 0 radical (unpaired) electrons. The van der Waals surface area contributed by atoms with Crippen LogP contribution in [0.25, 0.3) is 0 Å². The van der Waals surface area contributed by atoms with Crippen molar-refractivity contribution >= 4 is 29.0 Å². The predicted molar refractivity (Wildman–Crippen MR) is 68.3 cm³/mol. The van der Waals surface area contributed by atoms with Gasteiger partial charge in [0, 0.05) is 4.88 Å². The Bertz CT molecular complexity index is 564. The van der Waals surface area contributed by atoms with Gasteiger partial charge in [-0.25, -0.2) is 4.98 Å². The summed E-state index contributed by atoms with van der Waals surface area (Å²) in [6, 6.07) is 0. The van der Waals surface area contributed by atoms with Gasteiger partial charge >= 0.3 is 0 Å². The lowest BCUT2D eigenvalue weighted by Crippen LogP contribution is -2.13. The Labute approximate surface area is 112 Å².